The molecule has 0 bridgehead atoms. The van der Waals surface area contributed by atoms with Crippen LogP contribution in [0.2, 0.25) is 0 Å². The van der Waals surface area contributed by atoms with Crippen molar-refractivity contribution in [3.63, 3.8) is 0 Å². The molecule has 2 rings (SSSR count). The van der Waals surface area contributed by atoms with Crippen LogP contribution in [0.25, 0.3) is 0 Å². The molecule has 0 aliphatic heterocycles. The van der Waals surface area contributed by atoms with Crippen LogP contribution in [0.4, 0.5) is 4.39 Å². The summed E-state index contributed by atoms with van der Waals surface area (Å²) in [6.45, 7) is 1.86. The van der Waals surface area contributed by atoms with Gasteiger partial charge >= 0.3 is 0 Å². The van der Waals surface area contributed by atoms with Gasteiger partial charge in [0.25, 0.3) is 5.56 Å². The summed E-state index contributed by atoms with van der Waals surface area (Å²) < 4.78 is 13.9. The highest BCUT2D eigenvalue weighted by molar-refractivity contribution is 7.99. The van der Waals surface area contributed by atoms with E-state index in [9.17, 15) is 9.18 Å². The van der Waals surface area contributed by atoms with E-state index < -0.39 is 0 Å². The molecule has 0 saturated carbocycles. The maximum Gasteiger partial charge on any atom is 0.251 e. The van der Waals surface area contributed by atoms with E-state index in [0.717, 1.165) is 17.3 Å². The van der Waals surface area contributed by atoms with Gasteiger partial charge < -0.3 is 10.7 Å². The Labute approximate surface area is 114 Å². The summed E-state index contributed by atoms with van der Waals surface area (Å²) >= 11 is 1.10. The minimum Gasteiger partial charge on any atom is -0.328 e. The Bertz CT molecular complexity index is 627. The van der Waals surface area contributed by atoms with Crippen LogP contribution in [0.5, 0.6) is 0 Å². The Morgan fingerprint density at radius 2 is 2.26 bits per heavy atom. The van der Waals surface area contributed by atoms with E-state index in [1.165, 1.54) is 18.3 Å². The number of nitrogens with one attached hydrogen (secondary N) is 1. The second-order valence-electron chi connectivity index (χ2n) is 4.25. The Hall–Kier alpha value is -1.66. The fourth-order valence-electron chi connectivity index (χ4n) is 1.68. The van der Waals surface area contributed by atoms with Gasteiger partial charge in [0.15, 0.2) is 5.16 Å². The van der Waals surface area contributed by atoms with Crippen LogP contribution in [-0.4, -0.2) is 16.0 Å². The number of H-pyrrole nitrogens is 1. The van der Waals surface area contributed by atoms with Crippen LogP contribution < -0.4 is 11.3 Å². The first-order chi connectivity index (χ1) is 9.06. The Morgan fingerprint density at radius 3 is 2.95 bits per heavy atom. The fourth-order valence-corrected chi connectivity index (χ4v) is 2.58. The predicted molar refractivity (Wildman–Crippen MR) is 72.7 cm³/mol. The monoisotopic (exact) mass is 279 g/mol. The molecule has 0 fully saturated rings. The van der Waals surface area contributed by atoms with Gasteiger partial charge in [-0.3, -0.25) is 4.79 Å². The maximum atomic E-state index is 13.9. The molecule has 19 heavy (non-hydrogen) atoms. The third-order valence-electron chi connectivity index (χ3n) is 2.44. The van der Waals surface area contributed by atoms with Crippen LogP contribution in [0, 0.1) is 5.82 Å². The number of nitrogens with two attached hydrogens (primary N) is 1. The zero-order chi connectivity index (χ0) is 13.8. The highest BCUT2D eigenvalue weighted by atomic mass is 32.2. The number of benzene rings is 1. The second kappa shape index (κ2) is 5.99. The summed E-state index contributed by atoms with van der Waals surface area (Å²) in [5.74, 6) is -0.338. The number of nitrogens with zero attached hydrogens (tertiary/aromatic N) is 1. The number of hydrogen-bond acceptors (Lipinski definition) is 4. The molecule has 1 atom stereocenters. The molecule has 3 N–H and O–H groups in total. The molecule has 0 aliphatic rings. The molecular weight excluding hydrogens is 265 g/mol. The Morgan fingerprint density at radius 1 is 1.47 bits per heavy atom. The summed E-state index contributed by atoms with van der Waals surface area (Å²) in [5, 5.41) is 0.364. The molecule has 1 heterocycles. The smallest absolute Gasteiger partial charge is 0.251 e. The molecule has 0 saturated heterocycles. The van der Waals surface area contributed by atoms with E-state index in [1.54, 1.807) is 6.07 Å². The third-order valence-corrected chi connectivity index (χ3v) is 3.50. The predicted octanol–water partition coefficient (Wildman–Crippen LogP) is 1.95. The maximum absolute atomic E-state index is 13.9. The second-order valence-corrected chi connectivity index (χ2v) is 5.25. The van der Waals surface area contributed by atoms with Gasteiger partial charge in [0, 0.05) is 18.3 Å². The molecule has 100 valence electrons. The van der Waals surface area contributed by atoms with Crippen molar-refractivity contribution in [2.24, 2.45) is 5.73 Å². The fraction of sp³-hybridized carbons (Fsp3) is 0.231. The Balaban J connectivity index is 2.35. The van der Waals surface area contributed by atoms with Crippen molar-refractivity contribution in [1.29, 1.82) is 0 Å². The standard InChI is InChI=1S/C13H14FN3OS/c1-8(15)7-9-3-2-4-10(14)12(9)19-13-16-6-5-11(18)17-13/h2-6,8H,7,15H2,1H3,(H,16,17,18). The average molecular weight is 279 g/mol. The van der Waals surface area contributed by atoms with Gasteiger partial charge in [0.2, 0.25) is 0 Å². The van der Waals surface area contributed by atoms with Crippen molar-refractivity contribution in [3.05, 3.63) is 52.2 Å². The van der Waals surface area contributed by atoms with Gasteiger partial charge in [-0.25, -0.2) is 9.37 Å². The number of hydrogen-bond donors (Lipinski definition) is 2. The lowest BCUT2D eigenvalue weighted by atomic mass is 10.1. The molecule has 6 heteroatoms. The van der Waals surface area contributed by atoms with Crippen LogP contribution in [0.1, 0.15) is 12.5 Å². The lowest BCUT2D eigenvalue weighted by Crippen LogP contribution is -2.18. The van der Waals surface area contributed by atoms with E-state index in [1.807, 2.05) is 13.0 Å². The number of rotatable bonds is 4. The van der Waals surface area contributed by atoms with Crippen molar-refractivity contribution < 1.29 is 4.39 Å². The minimum atomic E-state index is -0.338. The highest BCUT2D eigenvalue weighted by Crippen LogP contribution is 2.30. The lowest BCUT2D eigenvalue weighted by molar-refractivity contribution is 0.592. The van der Waals surface area contributed by atoms with Gasteiger partial charge in [0.05, 0.1) is 4.90 Å². The highest BCUT2D eigenvalue weighted by Gasteiger charge is 2.12. The molecule has 1 unspecified atom stereocenters. The van der Waals surface area contributed by atoms with Crippen molar-refractivity contribution in [2.45, 2.75) is 29.4 Å². The first kappa shape index (κ1) is 13.8. The normalized spacial score (nSPS) is 12.4. The van der Waals surface area contributed by atoms with E-state index in [2.05, 4.69) is 9.97 Å². The zero-order valence-corrected chi connectivity index (χ0v) is 11.2. The van der Waals surface area contributed by atoms with Crippen molar-refractivity contribution >= 4 is 11.8 Å². The molecule has 0 radical (unpaired) electrons. The molecule has 1 aromatic carbocycles. The average Bonchev–Trinajstić information content (AvgIpc) is 2.33. The van der Waals surface area contributed by atoms with Crippen LogP contribution in [0.3, 0.4) is 0 Å². The summed E-state index contributed by atoms with van der Waals surface area (Å²) in [6.07, 6.45) is 1.96. The van der Waals surface area contributed by atoms with Gasteiger partial charge in [-0.1, -0.05) is 12.1 Å². The zero-order valence-electron chi connectivity index (χ0n) is 10.4. The molecule has 0 amide bonds. The first-order valence-corrected chi connectivity index (χ1v) is 6.64. The van der Waals surface area contributed by atoms with Gasteiger partial charge in [-0.2, -0.15) is 0 Å². The lowest BCUT2D eigenvalue weighted by Gasteiger charge is -2.11. The van der Waals surface area contributed by atoms with Crippen LogP contribution >= 0.6 is 11.8 Å². The first-order valence-electron chi connectivity index (χ1n) is 5.82. The van der Waals surface area contributed by atoms with E-state index in [0.29, 0.717) is 16.5 Å². The van der Waals surface area contributed by atoms with E-state index in [-0.39, 0.29) is 17.4 Å². The van der Waals surface area contributed by atoms with E-state index in [4.69, 9.17) is 5.73 Å². The number of halogens is 1. The van der Waals surface area contributed by atoms with Crippen LogP contribution in [-0.2, 0) is 6.42 Å². The summed E-state index contributed by atoms with van der Waals surface area (Å²) in [7, 11) is 0. The molecule has 2 aromatic rings. The number of aromatic amines is 1. The SMILES string of the molecule is CC(N)Cc1cccc(F)c1Sc1nccc(=O)[nH]1. The topological polar surface area (TPSA) is 71.8 Å². The Kier molecular flexibility index (Phi) is 4.34. The van der Waals surface area contributed by atoms with Crippen molar-refractivity contribution in [2.75, 3.05) is 0 Å². The van der Waals surface area contributed by atoms with Crippen LogP contribution in [0.15, 0.2) is 45.3 Å². The largest absolute Gasteiger partial charge is 0.328 e. The third kappa shape index (κ3) is 3.65. The number of aromatic nitrogens is 2. The molecule has 0 spiro atoms. The minimum absolute atomic E-state index is 0.0658. The molecular formula is C13H14FN3OS. The molecule has 1 aromatic heterocycles. The summed E-state index contributed by atoms with van der Waals surface area (Å²) in [5.41, 5.74) is 6.31. The van der Waals surface area contributed by atoms with Crippen molar-refractivity contribution in [3.8, 4) is 0 Å². The van der Waals surface area contributed by atoms with Gasteiger partial charge in [-0.05, 0) is 36.7 Å². The van der Waals surface area contributed by atoms with Gasteiger partial charge in [-0.15, -0.1) is 0 Å². The summed E-state index contributed by atoms with van der Waals surface area (Å²) in [4.78, 5) is 18.2. The molecule has 0 aliphatic carbocycles. The van der Waals surface area contributed by atoms with Crippen molar-refractivity contribution in [1.82, 2.24) is 9.97 Å². The van der Waals surface area contributed by atoms with Gasteiger partial charge in [0.1, 0.15) is 5.82 Å². The quantitative estimate of drug-likeness (QED) is 0.839. The summed E-state index contributed by atoms with van der Waals surface area (Å²) in [6, 6.07) is 6.11. The molecule has 4 nitrogen and oxygen atoms in total. The van der Waals surface area contributed by atoms with E-state index >= 15 is 0 Å².